The van der Waals surface area contributed by atoms with E-state index < -0.39 is 17.2 Å². The van der Waals surface area contributed by atoms with Gasteiger partial charge in [-0.2, -0.15) is 0 Å². The molecule has 0 radical (unpaired) electrons. The fourth-order valence-electron chi connectivity index (χ4n) is 7.66. The predicted molar refractivity (Wildman–Crippen MR) is 120 cm³/mol. The van der Waals surface area contributed by atoms with Crippen LogP contribution in [0.4, 0.5) is 5.69 Å². The van der Waals surface area contributed by atoms with E-state index in [0.717, 1.165) is 31.6 Å². The Labute approximate surface area is 191 Å². The van der Waals surface area contributed by atoms with E-state index in [4.69, 9.17) is 13.9 Å². The van der Waals surface area contributed by atoms with E-state index >= 15 is 0 Å². The highest BCUT2D eigenvalue weighted by Crippen LogP contribution is 2.66. The molecule has 5 aliphatic heterocycles. The van der Waals surface area contributed by atoms with E-state index in [1.165, 1.54) is 30.6 Å². The van der Waals surface area contributed by atoms with Gasteiger partial charge in [0.05, 0.1) is 24.8 Å². The van der Waals surface area contributed by atoms with Crippen LogP contribution in [0.15, 0.2) is 57.5 Å². The summed E-state index contributed by atoms with van der Waals surface area (Å²) in [5, 5.41) is 0. The summed E-state index contributed by atoms with van der Waals surface area (Å²) in [6.45, 7) is 3.79. The van der Waals surface area contributed by atoms with Crippen molar-refractivity contribution < 1.29 is 18.7 Å². The Morgan fingerprint density at radius 1 is 1.27 bits per heavy atom. The van der Waals surface area contributed by atoms with Crippen molar-refractivity contribution in [2.24, 2.45) is 5.92 Å². The van der Waals surface area contributed by atoms with Crippen molar-refractivity contribution in [2.45, 2.75) is 49.4 Å². The van der Waals surface area contributed by atoms with E-state index in [0.29, 0.717) is 12.2 Å². The smallest absolute Gasteiger partial charge is 0.329 e. The van der Waals surface area contributed by atoms with E-state index in [1.807, 2.05) is 6.07 Å². The molecule has 1 aromatic carbocycles. The topological polar surface area (TPSA) is 72.2 Å². The minimum absolute atomic E-state index is 0.0356. The first kappa shape index (κ1) is 19.4. The zero-order valence-corrected chi connectivity index (χ0v) is 18.7. The second-order valence-electron chi connectivity index (χ2n) is 9.89. The third-order valence-corrected chi connectivity index (χ3v) is 8.88. The number of carbonyl (C=O) groups excluding carboxylic acids is 1. The SMILES string of the molecule is C/C=C1/CN2CC[C@@]34Cc5occc(=O)c5O[C@@]35[C@@H]2C[C@@H]1[C@@H](C(=O)OC)N5c1ccccc14. The van der Waals surface area contributed by atoms with Crippen LogP contribution < -0.4 is 15.1 Å². The van der Waals surface area contributed by atoms with Gasteiger partial charge in [-0.05, 0) is 31.4 Å². The van der Waals surface area contributed by atoms with Crippen molar-refractivity contribution in [3.05, 3.63) is 69.8 Å². The lowest BCUT2D eigenvalue weighted by atomic mass is 9.58. The van der Waals surface area contributed by atoms with Crippen LogP contribution in [-0.4, -0.2) is 48.9 Å². The van der Waals surface area contributed by atoms with Crippen LogP contribution in [0.1, 0.15) is 31.1 Å². The van der Waals surface area contributed by atoms with Gasteiger partial charge in [0.2, 0.25) is 16.9 Å². The van der Waals surface area contributed by atoms with Gasteiger partial charge in [-0.1, -0.05) is 29.8 Å². The van der Waals surface area contributed by atoms with Crippen molar-refractivity contribution in [3.8, 4) is 5.75 Å². The van der Waals surface area contributed by atoms with Crippen molar-refractivity contribution in [1.29, 1.82) is 0 Å². The number of nitrogens with zero attached hydrogens (tertiary/aromatic N) is 2. The maximum Gasteiger partial charge on any atom is 0.329 e. The number of piperidine rings is 3. The summed E-state index contributed by atoms with van der Waals surface area (Å²) in [6, 6.07) is 9.26. The number of methoxy groups -OCH3 is 1. The Morgan fingerprint density at radius 3 is 2.94 bits per heavy atom. The van der Waals surface area contributed by atoms with Gasteiger partial charge < -0.3 is 18.8 Å². The highest BCUT2D eigenvalue weighted by atomic mass is 16.5. The molecule has 0 amide bonds. The Kier molecular flexibility index (Phi) is 3.70. The number of hydrogen-bond donors (Lipinski definition) is 0. The quantitative estimate of drug-likeness (QED) is 0.493. The van der Waals surface area contributed by atoms with Gasteiger partial charge in [0.1, 0.15) is 6.04 Å². The molecule has 2 bridgehead atoms. The monoisotopic (exact) mass is 446 g/mol. The molecule has 5 atom stereocenters. The van der Waals surface area contributed by atoms with Gasteiger partial charge in [0.25, 0.3) is 0 Å². The highest BCUT2D eigenvalue weighted by molar-refractivity contribution is 5.86. The summed E-state index contributed by atoms with van der Waals surface area (Å²) >= 11 is 0. The second-order valence-corrected chi connectivity index (χ2v) is 9.89. The van der Waals surface area contributed by atoms with Crippen molar-refractivity contribution in [3.63, 3.8) is 0 Å². The molecular formula is C26H26N2O5. The zero-order chi connectivity index (χ0) is 22.5. The Bertz CT molecular complexity index is 1280. The number of para-hydroxylation sites is 1. The molecule has 170 valence electrons. The minimum Gasteiger partial charge on any atom is -0.467 e. The number of ether oxygens (including phenoxy) is 2. The molecule has 0 aliphatic carbocycles. The lowest BCUT2D eigenvalue weighted by Gasteiger charge is -2.67. The standard InChI is InChI=1S/C26H26N2O5/c1-3-15-14-27-10-9-25-13-20-23(19(29)8-11-32-20)33-26(25)21(27)12-16(15)22(24(30)31-2)28(26)18-7-5-4-6-17(18)25/h3-8,11,16,21-22H,9-10,12-14H2,1-2H3/b15-3-/t16-,21-,22-,25-,26-/m0/s1. The van der Waals surface area contributed by atoms with Gasteiger partial charge in [-0.25, -0.2) is 4.79 Å². The third kappa shape index (κ3) is 2.06. The van der Waals surface area contributed by atoms with Gasteiger partial charge in [-0.3, -0.25) is 9.69 Å². The maximum atomic E-state index is 13.4. The molecular weight excluding hydrogens is 420 g/mol. The maximum absolute atomic E-state index is 13.4. The molecule has 5 aliphatic rings. The number of hydrogen-bond acceptors (Lipinski definition) is 7. The zero-order valence-electron chi connectivity index (χ0n) is 18.7. The van der Waals surface area contributed by atoms with Crippen molar-refractivity contribution in [2.75, 3.05) is 25.1 Å². The molecule has 0 unspecified atom stereocenters. The molecule has 3 saturated heterocycles. The number of esters is 1. The number of rotatable bonds is 1. The van der Waals surface area contributed by atoms with Gasteiger partial charge >= 0.3 is 5.97 Å². The normalized spacial score (nSPS) is 36.5. The number of anilines is 1. The Hall–Kier alpha value is -3.06. The van der Waals surface area contributed by atoms with Gasteiger partial charge in [-0.15, -0.1) is 0 Å². The molecule has 0 saturated carbocycles. The number of allylic oxidation sites excluding steroid dienone is 1. The molecule has 33 heavy (non-hydrogen) atoms. The lowest BCUT2D eigenvalue weighted by Crippen LogP contribution is -2.83. The summed E-state index contributed by atoms with van der Waals surface area (Å²) in [5.74, 6) is 0.659. The minimum atomic E-state index is -0.868. The average molecular weight is 447 g/mol. The predicted octanol–water partition coefficient (Wildman–Crippen LogP) is 2.62. The molecule has 6 heterocycles. The first-order valence-corrected chi connectivity index (χ1v) is 11.7. The molecule has 7 nitrogen and oxygen atoms in total. The number of benzene rings is 1. The van der Waals surface area contributed by atoms with Gasteiger partial charge in [0.15, 0.2) is 5.76 Å². The van der Waals surface area contributed by atoms with E-state index in [-0.39, 0.29) is 29.1 Å². The number of fused-ring (bicyclic) bond motifs is 4. The van der Waals surface area contributed by atoms with Crippen LogP contribution in [0.3, 0.4) is 0 Å². The molecule has 7 heteroatoms. The van der Waals surface area contributed by atoms with E-state index in [1.54, 1.807) is 0 Å². The highest BCUT2D eigenvalue weighted by Gasteiger charge is 2.77. The van der Waals surface area contributed by atoms with Crippen LogP contribution in [0.25, 0.3) is 0 Å². The average Bonchev–Trinajstić information content (AvgIpc) is 3.10. The van der Waals surface area contributed by atoms with Crippen LogP contribution in [0.5, 0.6) is 5.75 Å². The fraction of sp³-hybridized carbons (Fsp3) is 0.462. The fourth-order valence-corrected chi connectivity index (χ4v) is 7.66. The van der Waals surface area contributed by atoms with Crippen LogP contribution in [0.2, 0.25) is 0 Å². The third-order valence-electron chi connectivity index (χ3n) is 8.88. The summed E-state index contributed by atoms with van der Waals surface area (Å²) in [6.07, 6.45) is 5.83. The molecule has 7 rings (SSSR count). The lowest BCUT2D eigenvalue weighted by molar-refractivity contribution is -0.172. The Balaban J connectivity index is 1.57. The first-order valence-electron chi connectivity index (χ1n) is 11.7. The summed E-state index contributed by atoms with van der Waals surface area (Å²) in [7, 11) is 1.46. The van der Waals surface area contributed by atoms with Crippen molar-refractivity contribution >= 4 is 11.7 Å². The molecule has 0 N–H and O–H groups in total. The second kappa shape index (κ2) is 6.29. The van der Waals surface area contributed by atoms with Crippen LogP contribution >= 0.6 is 0 Å². The van der Waals surface area contributed by atoms with E-state index in [2.05, 4.69) is 41.0 Å². The van der Waals surface area contributed by atoms with Crippen LogP contribution in [0, 0.1) is 5.92 Å². The molecule has 1 aromatic heterocycles. The largest absolute Gasteiger partial charge is 0.467 e. The Morgan fingerprint density at radius 2 is 2.12 bits per heavy atom. The van der Waals surface area contributed by atoms with Crippen LogP contribution in [-0.2, 0) is 21.4 Å². The molecule has 1 spiro atoms. The van der Waals surface area contributed by atoms with E-state index in [9.17, 15) is 9.59 Å². The van der Waals surface area contributed by atoms with Crippen molar-refractivity contribution in [1.82, 2.24) is 4.90 Å². The summed E-state index contributed by atoms with van der Waals surface area (Å²) in [4.78, 5) is 31.0. The molecule has 3 fully saturated rings. The summed E-state index contributed by atoms with van der Waals surface area (Å²) < 4.78 is 18.2. The molecule has 2 aromatic rings. The van der Waals surface area contributed by atoms with Gasteiger partial charge in [0, 0.05) is 37.2 Å². The summed E-state index contributed by atoms with van der Waals surface area (Å²) in [5.41, 5.74) is 1.98. The first-order chi connectivity index (χ1) is 16.1. The number of carbonyl (C=O) groups is 1.